The smallest absolute Gasteiger partial charge is 0.197 e. The van der Waals surface area contributed by atoms with Crippen molar-refractivity contribution in [2.45, 2.75) is 25.7 Å². The van der Waals surface area contributed by atoms with Gasteiger partial charge in [0.25, 0.3) is 0 Å². The monoisotopic (exact) mass is 224 g/mol. The van der Waals surface area contributed by atoms with Crippen LogP contribution in [0.5, 0.6) is 0 Å². The molecule has 2 aliphatic rings. The summed E-state index contributed by atoms with van der Waals surface area (Å²) >= 11 is 0. The van der Waals surface area contributed by atoms with Crippen LogP contribution < -0.4 is 0 Å². The van der Waals surface area contributed by atoms with Crippen molar-refractivity contribution in [2.24, 2.45) is 5.92 Å². The van der Waals surface area contributed by atoms with Gasteiger partial charge in [-0.15, -0.1) is 0 Å². The minimum absolute atomic E-state index is 0.00185. The van der Waals surface area contributed by atoms with E-state index < -0.39 is 0 Å². The summed E-state index contributed by atoms with van der Waals surface area (Å²) in [6, 6.07) is 0. The lowest BCUT2D eigenvalue weighted by Crippen LogP contribution is -2.26. The number of methoxy groups -OCH3 is 2. The maximum atomic E-state index is 11.7. The van der Waals surface area contributed by atoms with Crippen molar-refractivity contribution in [3.8, 4) is 0 Å². The Kier molecular flexibility index (Phi) is 2.90. The highest BCUT2D eigenvalue weighted by Crippen LogP contribution is 2.41. The molecule has 0 radical (unpaired) electrons. The first kappa shape index (κ1) is 11.0. The number of allylic oxidation sites excluding steroid dienone is 3. The molecule has 88 valence electrons. The molecule has 0 bridgehead atoms. The van der Waals surface area contributed by atoms with Gasteiger partial charge in [0.2, 0.25) is 0 Å². The van der Waals surface area contributed by atoms with Gasteiger partial charge in [0.1, 0.15) is 5.76 Å². The van der Waals surface area contributed by atoms with Gasteiger partial charge in [0, 0.05) is 18.4 Å². The van der Waals surface area contributed by atoms with E-state index >= 15 is 0 Å². The van der Waals surface area contributed by atoms with Crippen LogP contribution in [0.3, 0.4) is 0 Å². The molecule has 2 aliphatic carbocycles. The summed E-state index contributed by atoms with van der Waals surface area (Å²) in [4.78, 5) is 11.7. The molecular formula is C12H16O4. The van der Waals surface area contributed by atoms with Crippen LogP contribution in [-0.2, 0) is 14.3 Å². The number of Topliss-reactive ketones (excluding diaryl/α,β-unsaturated/α-hetero) is 1. The zero-order valence-corrected chi connectivity index (χ0v) is 9.58. The lowest BCUT2D eigenvalue weighted by Gasteiger charge is -2.31. The topological polar surface area (TPSA) is 55.8 Å². The molecule has 0 saturated heterocycles. The number of carbonyl (C=O) groups is 1. The van der Waals surface area contributed by atoms with Gasteiger partial charge in [0.05, 0.1) is 14.2 Å². The van der Waals surface area contributed by atoms with Gasteiger partial charge in [-0.1, -0.05) is 0 Å². The first-order chi connectivity index (χ1) is 7.69. The van der Waals surface area contributed by atoms with E-state index in [0.29, 0.717) is 24.4 Å². The molecule has 0 aromatic carbocycles. The third-order valence-electron chi connectivity index (χ3n) is 3.27. The molecule has 1 atom stereocenters. The Morgan fingerprint density at radius 2 is 1.75 bits per heavy atom. The number of ketones is 1. The number of carbonyl (C=O) groups excluding carboxylic acids is 1. The van der Waals surface area contributed by atoms with E-state index in [1.54, 1.807) is 0 Å². The number of rotatable bonds is 2. The Bertz CT molecular complexity index is 378. The van der Waals surface area contributed by atoms with Gasteiger partial charge >= 0.3 is 0 Å². The van der Waals surface area contributed by atoms with E-state index in [0.717, 1.165) is 18.4 Å². The van der Waals surface area contributed by atoms with Crippen molar-refractivity contribution >= 4 is 5.78 Å². The number of ether oxygens (including phenoxy) is 2. The molecule has 0 heterocycles. The van der Waals surface area contributed by atoms with Crippen LogP contribution >= 0.6 is 0 Å². The molecule has 0 saturated carbocycles. The average Bonchev–Trinajstić information content (AvgIpc) is 2.29. The molecule has 16 heavy (non-hydrogen) atoms. The number of aliphatic hydroxyl groups excluding tert-OH is 1. The summed E-state index contributed by atoms with van der Waals surface area (Å²) in [5, 5.41) is 9.76. The molecule has 0 amide bonds. The first-order valence-electron chi connectivity index (χ1n) is 5.46. The molecule has 0 fully saturated rings. The van der Waals surface area contributed by atoms with Crippen LogP contribution in [-0.4, -0.2) is 25.1 Å². The quantitative estimate of drug-likeness (QED) is 0.780. The summed E-state index contributed by atoms with van der Waals surface area (Å²) in [5.74, 6) is 1.29. The van der Waals surface area contributed by atoms with E-state index in [2.05, 4.69) is 0 Å². The molecule has 4 nitrogen and oxygen atoms in total. The third-order valence-corrected chi connectivity index (χ3v) is 3.27. The van der Waals surface area contributed by atoms with Crippen molar-refractivity contribution in [3.05, 3.63) is 22.9 Å². The summed E-state index contributed by atoms with van der Waals surface area (Å²) in [6.07, 6.45) is 2.81. The Labute approximate surface area is 94.5 Å². The van der Waals surface area contributed by atoms with Crippen molar-refractivity contribution in [3.63, 3.8) is 0 Å². The molecule has 2 rings (SSSR count). The van der Waals surface area contributed by atoms with Gasteiger partial charge in [-0.2, -0.15) is 0 Å². The maximum absolute atomic E-state index is 11.7. The standard InChI is InChI=1S/C12H16O4/c1-15-11-8(13)5-3-7-4-6-9(14)12(16-2)10(7)11/h7,13H,3-6H2,1-2H3. The highest BCUT2D eigenvalue weighted by Gasteiger charge is 2.36. The predicted octanol–water partition coefficient (Wildman–Crippen LogP) is 2.08. The molecule has 1 unspecified atom stereocenters. The minimum Gasteiger partial charge on any atom is -0.508 e. The normalized spacial score (nSPS) is 25.6. The van der Waals surface area contributed by atoms with Gasteiger partial charge in [-0.05, 0) is 18.8 Å². The third kappa shape index (κ3) is 1.58. The zero-order chi connectivity index (χ0) is 11.7. The minimum atomic E-state index is -0.00185. The fourth-order valence-corrected chi connectivity index (χ4v) is 2.51. The highest BCUT2D eigenvalue weighted by atomic mass is 16.5. The lowest BCUT2D eigenvalue weighted by molar-refractivity contribution is -0.119. The molecule has 0 spiro atoms. The number of fused-ring (bicyclic) bond motifs is 1. The number of aliphatic hydroxyl groups is 1. The van der Waals surface area contributed by atoms with Crippen molar-refractivity contribution < 1.29 is 19.4 Å². The largest absolute Gasteiger partial charge is 0.508 e. The first-order valence-corrected chi connectivity index (χ1v) is 5.46. The summed E-state index contributed by atoms with van der Waals surface area (Å²) in [7, 11) is 2.99. The van der Waals surface area contributed by atoms with Crippen LogP contribution in [0.15, 0.2) is 22.9 Å². The van der Waals surface area contributed by atoms with Crippen LogP contribution in [0.4, 0.5) is 0 Å². The van der Waals surface area contributed by atoms with Gasteiger partial charge in [0.15, 0.2) is 17.3 Å². The second kappa shape index (κ2) is 4.20. The van der Waals surface area contributed by atoms with E-state index in [4.69, 9.17) is 9.47 Å². The molecule has 0 aromatic heterocycles. The highest BCUT2D eigenvalue weighted by molar-refractivity contribution is 5.96. The van der Waals surface area contributed by atoms with Crippen LogP contribution in [0.25, 0.3) is 0 Å². The maximum Gasteiger partial charge on any atom is 0.197 e. The fourth-order valence-electron chi connectivity index (χ4n) is 2.51. The van der Waals surface area contributed by atoms with Gasteiger partial charge in [-0.3, -0.25) is 4.79 Å². The SMILES string of the molecule is COC1=C(O)CCC2CCC(=O)C(OC)=C12. The predicted molar refractivity (Wildman–Crippen MR) is 57.7 cm³/mol. The lowest BCUT2D eigenvalue weighted by atomic mass is 9.78. The molecule has 1 N–H and O–H groups in total. The summed E-state index contributed by atoms with van der Waals surface area (Å²) in [5.41, 5.74) is 0.755. The van der Waals surface area contributed by atoms with Crippen LogP contribution in [0.1, 0.15) is 25.7 Å². The number of hydrogen-bond donors (Lipinski definition) is 1. The second-order valence-corrected chi connectivity index (χ2v) is 4.12. The molecular weight excluding hydrogens is 208 g/mol. The summed E-state index contributed by atoms with van der Waals surface area (Å²) in [6.45, 7) is 0. The number of hydrogen-bond acceptors (Lipinski definition) is 4. The van der Waals surface area contributed by atoms with E-state index in [9.17, 15) is 9.90 Å². The van der Waals surface area contributed by atoms with E-state index in [1.807, 2.05) is 0 Å². The Morgan fingerprint density at radius 1 is 1.12 bits per heavy atom. The Balaban J connectivity index is 2.54. The van der Waals surface area contributed by atoms with E-state index in [-0.39, 0.29) is 17.5 Å². The summed E-state index contributed by atoms with van der Waals surface area (Å²) < 4.78 is 10.4. The van der Waals surface area contributed by atoms with Crippen molar-refractivity contribution in [1.82, 2.24) is 0 Å². The molecule has 4 heteroatoms. The fraction of sp³-hybridized carbons (Fsp3) is 0.583. The van der Waals surface area contributed by atoms with Gasteiger partial charge < -0.3 is 14.6 Å². The Morgan fingerprint density at radius 3 is 2.38 bits per heavy atom. The van der Waals surface area contributed by atoms with Crippen LogP contribution in [0.2, 0.25) is 0 Å². The van der Waals surface area contributed by atoms with E-state index in [1.165, 1.54) is 14.2 Å². The molecule has 0 aliphatic heterocycles. The zero-order valence-electron chi connectivity index (χ0n) is 9.58. The van der Waals surface area contributed by atoms with Gasteiger partial charge in [-0.25, -0.2) is 0 Å². The average molecular weight is 224 g/mol. The second-order valence-electron chi connectivity index (χ2n) is 4.12. The van der Waals surface area contributed by atoms with Crippen molar-refractivity contribution in [2.75, 3.05) is 14.2 Å². The molecule has 0 aromatic rings. The van der Waals surface area contributed by atoms with Crippen LogP contribution in [0, 0.1) is 5.92 Å². The van der Waals surface area contributed by atoms with Crippen molar-refractivity contribution in [1.29, 1.82) is 0 Å². The Hall–Kier alpha value is -1.45.